The average Bonchev–Trinajstić information content (AvgIpc) is 2.75. The van der Waals surface area contributed by atoms with Crippen molar-refractivity contribution in [2.45, 2.75) is 26.5 Å². The molecule has 156 valence electrons. The maximum Gasteiger partial charge on any atom is 0.263 e. The lowest BCUT2D eigenvalue weighted by Gasteiger charge is -2.35. The Morgan fingerprint density at radius 2 is 1.80 bits per heavy atom. The van der Waals surface area contributed by atoms with Gasteiger partial charge in [0.05, 0.1) is 17.4 Å². The number of carbonyl (C=O) groups excluding carboxylic acids is 1. The number of nitrogens with zero attached hydrogens (tertiary/aromatic N) is 3. The monoisotopic (exact) mass is 406 g/mol. The number of aromatic nitrogens is 2. The maximum absolute atomic E-state index is 12.7. The number of nitrogens with one attached hydrogen (secondary N) is 1. The van der Waals surface area contributed by atoms with Crippen LogP contribution >= 0.6 is 0 Å². The second-order valence-electron chi connectivity index (χ2n) is 7.70. The molecule has 1 aromatic heterocycles. The molecule has 0 spiro atoms. The van der Waals surface area contributed by atoms with Crippen LogP contribution in [0.5, 0.6) is 5.75 Å². The van der Waals surface area contributed by atoms with E-state index in [1.807, 2.05) is 54.3 Å². The summed E-state index contributed by atoms with van der Waals surface area (Å²) in [5.41, 5.74) is 1.73. The van der Waals surface area contributed by atoms with Gasteiger partial charge in [0.1, 0.15) is 11.6 Å². The Morgan fingerprint density at radius 1 is 1.10 bits per heavy atom. The van der Waals surface area contributed by atoms with E-state index < -0.39 is 6.10 Å². The van der Waals surface area contributed by atoms with Crippen LogP contribution in [0.4, 0.5) is 0 Å². The Hall–Kier alpha value is -3.19. The van der Waals surface area contributed by atoms with Crippen LogP contribution in [0.15, 0.2) is 53.3 Å². The lowest BCUT2D eigenvalue weighted by Crippen LogP contribution is -2.51. The molecule has 1 N–H and O–H groups in total. The van der Waals surface area contributed by atoms with Crippen LogP contribution in [-0.2, 0) is 11.3 Å². The van der Waals surface area contributed by atoms with Gasteiger partial charge in [-0.25, -0.2) is 4.98 Å². The highest BCUT2D eigenvalue weighted by atomic mass is 16.5. The van der Waals surface area contributed by atoms with Crippen molar-refractivity contribution in [2.24, 2.45) is 0 Å². The molecule has 1 atom stereocenters. The first-order valence-corrected chi connectivity index (χ1v) is 10.2. The van der Waals surface area contributed by atoms with Crippen molar-refractivity contribution in [3.63, 3.8) is 0 Å². The molecular weight excluding hydrogens is 380 g/mol. The van der Waals surface area contributed by atoms with E-state index in [9.17, 15) is 9.59 Å². The second-order valence-corrected chi connectivity index (χ2v) is 7.70. The molecule has 1 aliphatic heterocycles. The number of piperazine rings is 1. The summed E-state index contributed by atoms with van der Waals surface area (Å²) in [5, 5.41) is 0.597. The van der Waals surface area contributed by atoms with Crippen molar-refractivity contribution in [1.29, 1.82) is 0 Å². The van der Waals surface area contributed by atoms with Gasteiger partial charge >= 0.3 is 0 Å². The van der Waals surface area contributed by atoms with E-state index in [4.69, 9.17) is 4.74 Å². The van der Waals surface area contributed by atoms with E-state index in [1.54, 1.807) is 13.0 Å². The molecule has 7 nitrogen and oxygen atoms in total. The van der Waals surface area contributed by atoms with Crippen LogP contribution in [0.25, 0.3) is 10.9 Å². The topological polar surface area (TPSA) is 78.5 Å². The molecular formula is C23H26N4O3. The van der Waals surface area contributed by atoms with Gasteiger partial charge in [0.15, 0.2) is 6.10 Å². The molecule has 7 heteroatoms. The SMILES string of the molecule is Cc1ccc(O[C@H](C)C(=O)N2CCN(Cc3nc4ccccc4c(=O)[nH]3)CC2)cc1. The normalized spacial score (nSPS) is 15.9. The first-order valence-electron chi connectivity index (χ1n) is 10.2. The zero-order valence-corrected chi connectivity index (χ0v) is 17.3. The Bertz CT molecular complexity index is 1090. The van der Waals surface area contributed by atoms with E-state index in [-0.39, 0.29) is 11.5 Å². The number of aryl methyl sites for hydroxylation is 1. The molecule has 2 heterocycles. The quantitative estimate of drug-likeness (QED) is 0.704. The molecule has 2 aromatic carbocycles. The number of carbonyl (C=O) groups is 1. The lowest BCUT2D eigenvalue weighted by molar-refractivity contribution is -0.139. The van der Waals surface area contributed by atoms with E-state index in [2.05, 4.69) is 14.9 Å². The van der Waals surface area contributed by atoms with Crippen molar-refractivity contribution in [3.8, 4) is 5.75 Å². The summed E-state index contributed by atoms with van der Waals surface area (Å²) in [5.74, 6) is 1.34. The molecule has 30 heavy (non-hydrogen) atoms. The molecule has 1 aliphatic rings. The molecule has 4 rings (SSSR count). The lowest BCUT2D eigenvalue weighted by atomic mass is 10.2. The highest BCUT2D eigenvalue weighted by molar-refractivity contribution is 5.81. The smallest absolute Gasteiger partial charge is 0.263 e. The molecule has 0 unspecified atom stereocenters. The molecule has 0 aliphatic carbocycles. The Morgan fingerprint density at radius 3 is 2.53 bits per heavy atom. The fourth-order valence-corrected chi connectivity index (χ4v) is 3.68. The number of aromatic amines is 1. The zero-order chi connectivity index (χ0) is 21.1. The van der Waals surface area contributed by atoms with Gasteiger partial charge in [-0.2, -0.15) is 0 Å². The Kier molecular flexibility index (Phi) is 5.81. The van der Waals surface area contributed by atoms with Crippen molar-refractivity contribution < 1.29 is 9.53 Å². The van der Waals surface area contributed by atoms with Crippen molar-refractivity contribution >= 4 is 16.8 Å². The van der Waals surface area contributed by atoms with Gasteiger partial charge in [0.2, 0.25) is 0 Å². The summed E-state index contributed by atoms with van der Waals surface area (Å²) < 4.78 is 5.81. The predicted octanol–water partition coefficient (Wildman–Crippen LogP) is 2.34. The van der Waals surface area contributed by atoms with E-state index in [1.165, 1.54) is 0 Å². The molecule has 3 aromatic rings. The van der Waals surface area contributed by atoms with Gasteiger partial charge in [0.25, 0.3) is 11.5 Å². The minimum atomic E-state index is -0.530. The van der Waals surface area contributed by atoms with Crippen LogP contribution < -0.4 is 10.3 Å². The highest BCUT2D eigenvalue weighted by Crippen LogP contribution is 2.15. The third kappa shape index (κ3) is 4.52. The third-order valence-electron chi connectivity index (χ3n) is 5.40. The minimum absolute atomic E-state index is 0.00698. The summed E-state index contributed by atoms with van der Waals surface area (Å²) in [6.45, 7) is 7.05. The van der Waals surface area contributed by atoms with E-state index in [0.717, 1.165) is 18.7 Å². The molecule has 1 saturated heterocycles. The second kappa shape index (κ2) is 8.67. The van der Waals surface area contributed by atoms with Gasteiger partial charge in [-0.05, 0) is 38.1 Å². The molecule has 1 amide bonds. The third-order valence-corrected chi connectivity index (χ3v) is 5.40. The number of amides is 1. The summed E-state index contributed by atoms with van der Waals surface area (Å²) in [6, 6.07) is 15.0. The highest BCUT2D eigenvalue weighted by Gasteiger charge is 2.26. The first kappa shape index (κ1) is 20.1. The summed E-state index contributed by atoms with van der Waals surface area (Å²) in [7, 11) is 0. The summed E-state index contributed by atoms with van der Waals surface area (Å²) >= 11 is 0. The number of para-hydroxylation sites is 1. The van der Waals surface area contributed by atoms with Gasteiger partial charge in [0, 0.05) is 26.2 Å². The Balaban J connectivity index is 1.32. The maximum atomic E-state index is 12.7. The number of H-pyrrole nitrogens is 1. The van der Waals surface area contributed by atoms with Crippen LogP contribution in [0, 0.1) is 6.92 Å². The molecule has 0 saturated carbocycles. The standard InChI is InChI=1S/C23H26N4O3/c1-16-7-9-18(10-8-16)30-17(2)23(29)27-13-11-26(12-14-27)15-21-24-20-6-4-3-5-19(20)22(28)25-21/h3-10,17H,11-15H2,1-2H3,(H,24,25,28)/t17-/m1/s1. The predicted molar refractivity (Wildman–Crippen MR) is 115 cm³/mol. The largest absolute Gasteiger partial charge is 0.481 e. The van der Waals surface area contributed by atoms with Crippen LogP contribution in [0.2, 0.25) is 0 Å². The number of benzene rings is 2. The number of rotatable bonds is 5. The van der Waals surface area contributed by atoms with Gasteiger partial charge in [-0.3, -0.25) is 14.5 Å². The van der Waals surface area contributed by atoms with Crippen LogP contribution in [-0.4, -0.2) is 58.0 Å². The Labute approximate surface area is 175 Å². The fraction of sp³-hybridized carbons (Fsp3) is 0.348. The minimum Gasteiger partial charge on any atom is -0.481 e. The van der Waals surface area contributed by atoms with Gasteiger partial charge in [-0.1, -0.05) is 29.8 Å². The fourth-order valence-electron chi connectivity index (χ4n) is 3.68. The van der Waals surface area contributed by atoms with E-state index >= 15 is 0 Å². The molecule has 1 fully saturated rings. The van der Waals surface area contributed by atoms with Gasteiger partial charge in [-0.15, -0.1) is 0 Å². The number of hydrogen-bond acceptors (Lipinski definition) is 5. The van der Waals surface area contributed by atoms with Crippen molar-refractivity contribution in [2.75, 3.05) is 26.2 Å². The first-order chi connectivity index (χ1) is 14.5. The van der Waals surface area contributed by atoms with Crippen molar-refractivity contribution in [3.05, 3.63) is 70.3 Å². The summed E-state index contributed by atoms with van der Waals surface area (Å²) in [6.07, 6.45) is -0.530. The molecule has 0 bridgehead atoms. The molecule has 0 radical (unpaired) electrons. The van der Waals surface area contributed by atoms with Crippen molar-refractivity contribution in [1.82, 2.24) is 19.8 Å². The number of fused-ring (bicyclic) bond motifs is 1. The number of ether oxygens (including phenoxy) is 1. The van der Waals surface area contributed by atoms with Crippen LogP contribution in [0.1, 0.15) is 18.3 Å². The van der Waals surface area contributed by atoms with Gasteiger partial charge < -0.3 is 14.6 Å². The zero-order valence-electron chi connectivity index (χ0n) is 17.3. The average molecular weight is 406 g/mol. The summed E-state index contributed by atoms with van der Waals surface area (Å²) in [4.78, 5) is 36.5. The number of hydrogen-bond donors (Lipinski definition) is 1. The van der Waals surface area contributed by atoms with Crippen LogP contribution in [0.3, 0.4) is 0 Å². The van der Waals surface area contributed by atoms with E-state index in [0.29, 0.717) is 42.1 Å².